The minimum atomic E-state index is -1.37. The number of hydrogen-bond acceptors (Lipinski definition) is 3. The van der Waals surface area contributed by atoms with E-state index >= 15 is 0 Å². The monoisotopic (exact) mass is 277 g/mol. The van der Waals surface area contributed by atoms with Gasteiger partial charge >= 0.3 is 0 Å². The minimum Gasteiger partial charge on any atom is -0.497 e. The number of ether oxygens (including phenoxy) is 2. The number of nitrogens with one attached hydrogen (secondary N) is 1. The van der Waals surface area contributed by atoms with Crippen molar-refractivity contribution in [3.8, 4) is 11.5 Å². The molecule has 2 aromatic carbocycles. The van der Waals surface area contributed by atoms with Crippen molar-refractivity contribution in [2.75, 3.05) is 18.9 Å². The van der Waals surface area contributed by atoms with Crippen LogP contribution in [0.5, 0.6) is 11.5 Å². The van der Waals surface area contributed by atoms with Gasteiger partial charge in [-0.15, -0.1) is 0 Å². The normalized spacial score (nSPS) is 11.7. The van der Waals surface area contributed by atoms with Gasteiger partial charge in [0.2, 0.25) is 0 Å². The molecule has 0 spiro atoms. The summed E-state index contributed by atoms with van der Waals surface area (Å²) in [6.45, 7) is 0. The molecule has 4 nitrogen and oxygen atoms in total. The molecule has 19 heavy (non-hydrogen) atoms. The van der Waals surface area contributed by atoms with Crippen LogP contribution in [0.25, 0.3) is 0 Å². The van der Waals surface area contributed by atoms with Crippen molar-refractivity contribution in [1.29, 1.82) is 0 Å². The van der Waals surface area contributed by atoms with Crippen LogP contribution < -0.4 is 14.2 Å². The average molecular weight is 277 g/mol. The van der Waals surface area contributed by atoms with E-state index < -0.39 is 11.0 Å². The molecule has 5 heteroatoms. The molecular weight excluding hydrogens is 262 g/mol. The molecule has 0 heterocycles. The third kappa shape index (κ3) is 3.26. The Morgan fingerprint density at radius 3 is 2.26 bits per heavy atom. The first kappa shape index (κ1) is 13.4. The lowest BCUT2D eigenvalue weighted by Gasteiger charge is -2.10. The molecule has 0 aliphatic rings. The first-order chi connectivity index (χ1) is 9.24. The summed E-state index contributed by atoms with van der Waals surface area (Å²) in [4.78, 5) is 0.612. The van der Waals surface area contributed by atoms with Crippen molar-refractivity contribution >= 4 is 16.7 Å². The van der Waals surface area contributed by atoms with Gasteiger partial charge in [0.1, 0.15) is 16.4 Å². The minimum absolute atomic E-state index is 0.599. The van der Waals surface area contributed by atoms with Crippen LogP contribution in [0.15, 0.2) is 53.4 Å². The fraction of sp³-hybridized carbons (Fsp3) is 0.143. The Labute approximate surface area is 115 Å². The average Bonchev–Trinajstić information content (AvgIpc) is 2.48. The highest BCUT2D eigenvalue weighted by atomic mass is 32.2. The summed E-state index contributed by atoms with van der Waals surface area (Å²) < 4.78 is 25.4. The van der Waals surface area contributed by atoms with E-state index in [0.29, 0.717) is 10.6 Å². The Balaban J connectivity index is 2.16. The van der Waals surface area contributed by atoms with E-state index in [-0.39, 0.29) is 0 Å². The Hall–Kier alpha value is -2.01. The summed E-state index contributed by atoms with van der Waals surface area (Å²) in [6.07, 6.45) is 0. The van der Waals surface area contributed by atoms with Crippen LogP contribution in [-0.2, 0) is 11.0 Å². The molecule has 2 rings (SSSR count). The molecule has 1 atom stereocenters. The molecular formula is C14H15NO3S. The zero-order valence-electron chi connectivity index (χ0n) is 10.8. The summed E-state index contributed by atoms with van der Waals surface area (Å²) in [5.74, 6) is 1.36. The Morgan fingerprint density at radius 2 is 1.63 bits per heavy atom. The lowest BCUT2D eigenvalue weighted by molar-refractivity contribution is 0.404. The van der Waals surface area contributed by atoms with Crippen LogP contribution in [0.3, 0.4) is 0 Å². The van der Waals surface area contributed by atoms with Crippen LogP contribution in [0, 0.1) is 0 Å². The predicted molar refractivity (Wildman–Crippen MR) is 76.0 cm³/mol. The summed E-state index contributed by atoms with van der Waals surface area (Å²) in [7, 11) is 1.80. The fourth-order valence-corrected chi connectivity index (χ4v) is 2.59. The summed E-state index contributed by atoms with van der Waals surface area (Å²) >= 11 is 0. The Bertz CT molecular complexity index is 569. The highest BCUT2D eigenvalue weighted by Crippen LogP contribution is 2.23. The van der Waals surface area contributed by atoms with Crippen LogP contribution in [-0.4, -0.2) is 18.4 Å². The van der Waals surface area contributed by atoms with E-state index in [2.05, 4.69) is 4.72 Å². The molecule has 0 aromatic heterocycles. The van der Waals surface area contributed by atoms with Crippen molar-refractivity contribution in [2.45, 2.75) is 4.90 Å². The number of anilines is 1. The maximum Gasteiger partial charge on any atom is 0.154 e. The molecule has 0 bridgehead atoms. The summed E-state index contributed by atoms with van der Waals surface area (Å²) in [5, 5.41) is 0. The van der Waals surface area contributed by atoms with Crippen molar-refractivity contribution in [1.82, 2.24) is 0 Å². The van der Waals surface area contributed by atoms with E-state index in [1.165, 1.54) is 0 Å². The standard InChI is InChI=1S/C14H15NO3S/c1-17-12-9-7-11(8-10-12)15-19(16)14-6-4-3-5-13(14)18-2/h3-10,15H,1-2H3/t19-/m1/s1. The molecule has 0 saturated heterocycles. The maximum absolute atomic E-state index is 12.2. The second-order valence-electron chi connectivity index (χ2n) is 3.75. The highest BCUT2D eigenvalue weighted by molar-refractivity contribution is 7.86. The first-order valence-electron chi connectivity index (χ1n) is 5.70. The number of benzene rings is 2. The highest BCUT2D eigenvalue weighted by Gasteiger charge is 2.09. The first-order valence-corrected chi connectivity index (χ1v) is 6.85. The van der Waals surface area contributed by atoms with Crippen molar-refractivity contribution in [3.05, 3.63) is 48.5 Å². The molecule has 0 aliphatic heterocycles. The van der Waals surface area contributed by atoms with Gasteiger partial charge in [-0.2, -0.15) is 0 Å². The third-order valence-corrected chi connectivity index (χ3v) is 3.73. The van der Waals surface area contributed by atoms with E-state index in [9.17, 15) is 4.21 Å². The second-order valence-corrected chi connectivity index (χ2v) is 4.93. The zero-order chi connectivity index (χ0) is 13.7. The third-order valence-electron chi connectivity index (χ3n) is 2.57. The lowest BCUT2D eigenvalue weighted by atomic mass is 10.3. The maximum atomic E-state index is 12.2. The molecule has 0 radical (unpaired) electrons. The molecule has 0 unspecified atom stereocenters. The molecule has 2 aromatic rings. The van der Waals surface area contributed by atoms with E-state index in [1.807, 2.05) is 36.4 Å². The van der Waals surface area contributed by atoms with Gasteiger partial charge in [-0.05, 0) is 36.4 Å². The van der Waals surface area contributed by atoms with Crippen LogP contribution in [0.2, 0.25) is 0 Å². The molecule has 1 N–H and O–H groups in total. The SMILES string of the molecule is COc1ccc(N[S@](=O)c2ccccc2OC)cc1. The van der Waals surface area contributed by atoms with Crippen LogP contribution >= 0.6 is 0 Å². The second kappa shape index (κ2) is 6.24. The van der Waals surface area contributed by atoms with Gasteiger partial charge in [0.25, 0.3) is 0 Å². The Morgan fingerprint density at radius 1 is 0.947 bits per heavy atom. The molecule has 0 saturated carbocycles. The number of methoxy groups -OCH3 is 2. The van der Waals surface area contributed by atoms with Gasteiger partial charge < -0.3 is 14.2 Å². The lowest BCUT2D eigenvalue weighted by Crippen LogP contribution is -2.06. The zero-order valence-corrected chi connectivity index (χ0v) is 11.6. The summed E-state index contributed by atoms with van der Waals surface area (Å²) in [6, 6.07) is 14.5. The van der Waals surface area contributed by atoms with Gasteiger partial charge in [0, 0.05) is 5.69 Å². The van der Waals surface area contributed by atoms with Gasteiger partial charge in [-0.3, -0.25) is 0 Å². The van der Waals surface area contributed by atoms with E-state index in [4.69, 9.17) is 9.47 Å². The van der Waals surface area contributed by atoms with Gasteiger partial charge in [-0.25, -0.2) is 4.21 Å². The number of hydrogen-bond donors (Lipinski definition) is 1. The molecule has 0 aliphatic carbocycles. The molecule has 0 amide bonds. The van der Waals surface area contributed by atoms with Gasteiger partial charge in [0.05, 0.1) is 14.2 Å². The van der Waals surface area contributed by atoms with Crippen LogP contribution in [0.4, 0.5) is 5.69 Å². The van der Waals surface area contributed by atoms with E-state index in [0.717, 1.165) is 11.4 Å². The number of para-hydroxylation sites is 1. The van der Waals surface area contributed by atoms with E-state index in [1.54, 1.807) is 26.4 Å². The van der Waals surface area contributed by atoms with Crippen molar-refractivity contribution in [3.63, 3.8) is 0 Å². The van der Waals surface area contributed by atoms with Crippen LogP contribution in [0.1, 0.15) is 0 Å². The molecule has 0 fully saturated rings. The van der Waals surface area contributed by atoms with Crippen molar-refractivity contribution in [2.24, 2.45) is 0 Å². The van der Waals surface area contributed by atoms with Gasteiger partial charge in [-0.1, -0.05) is 12.1 Å². The summed E-state index contributed by atoms with van der Waals surface area (Å²) in [5.41, 5.74) is 0.755. The number of rotatable bonds is 5. The molecule has 100 valence electrons. The fourth-order valence-electron chi connectivity index (χ4n) is 1.59. The smallest absolute Gasteiger partial charge is 0.154 e. The Kier molecular flexibility index (Phi) is 4.41. The van der Waals surface area contributed by atoms with Crippen molar-refractivity contribution < 1.29 is 13.7 Å². The largest absolute Gasteiger partial charge is 0.497 e. The predicted octanol–water partition coefficient (Wildman–Crippen LogP) is 2.84. The topological polar surface area (TPSA) is 47.6 Å². The van der Waals surface area contributed by atoms with Gasteiger partial charge in [0.15, 0.2) is 11.0 Å². The quantitative estimate of drug-likeness (QED) is 0.914.